The van der Waals surface area contributed by atoms with Gasteiger partial charge in [0.2, 0.25) is 0 Å². The lowest BCUT2D eigenvalue weighted by Crippen LogP contribution is -2.16. The first-order chi connectivity index (χ1) is 12.7. The average molecular weight is 357 g/mol. The zero-order chi connectivity index (χ0) is 18.5. The number of nitrogens with zero attached hydrogens (tertiary/aromatic N) is 1. The Balaban J connectivity index is 1.63. The molecule has 3 rings (SSSR count). The molecule has 0 N–H and O–H groups in total. The van der Waals surface area contributed by atoms with Crippen LogP contribution in [-0.2, 0) is 11.3 Å². The topological polar surface area (TPSA) is 79.9 Å². The van der Waals surface area contributed by atoms with Gasteiger partial charge in [0.25, 0.3) is 0 Å². The number of methoxy groups -OCH3 is 2. The van der Waals surface area contributed by atoms with Gasteiger partial charge in [-0.25, -0.2) is 9.59 Å². The molecule has 136 valence electrons. The van der Waals surface area contributed by atoms with Crippen molar-refractivity contribution in [1.29, 1.82) is 0 Å². The predicted molar refractivity (Wildman–Crippen MR) is 94.9 cm³/mol. The Hall–Kier alpha value is -3.22. The Kier molecular flexibility index (Phi) is 5.26. The Morgan fingerprint density at radius 3 is 2.65 bits per heavy atom. The van der Waals surface area contributed by atoms with E-state index in [1.54, 1.807) is 30.3 Å². The molecule has 3 aromatic rings. The summed E-state index contributed by atoms with van der Waals surface area (Å²) in [5, 5.41) is 0. The van der Waals surface area contributed by atoms with E-state index in [1.165, 1.54) is 18.8 Å². The maximum Gasteiger partial charge on any atom is 0.419 e. The maximum atomic E-state index is 12.3. The Morgan fingerprint density at radius 1 is 1.08 bits per heavy atom. The summed E-state index contributed by atoms with van der Waals surface area (Å²) >= 11 is 0. The van der Waals surface area contributed by atoms with E-state index in [0.29, 0.717) is 30.0 Å². The van der Waals surface area contributed by atoms with Gasteiger partial charge < -0.3 is 18.6 Å². The third kappa shape index (κ3) is 3.42. The van der Waals surface area contributed by atoms with Crippen LogP contribution in [0.15, 0.2) is 51.7 Å². The zero-order valence-corrected chi connectivity index (χ0v) is 14.6. The SMILES string of the molecule is COc1cccc(C(=O)OCCCn2c(=O)oc3ccccc32)c1OC. The summed E-state index contributed by atoms with van der Waals surface area (Å²) in [6.45, 7) is 0.545. The highest BCUT2D eigenvalue weighted by atomic mass is 16.5. The van der Waals surface area contributed by atoms with Crippen LogP contribution in [0, 0.1) is 0 Å². The van der Waals surface area contributed by atoms with E-state index in [1.807, 2.05) is 12.1 Å². The molecule has 0 aliphatic heterocycles. The molecule has 1 aromatic heterocycles. The van der Waals surface area contributed by atoms with Crippen molar-refractivity contribution in [2.45, 2.75) is 13.0 Å². The van der Waals surface area contributed by atoms with Gasteiger partial charge in [-0.3, -0.25) is 4.57 Å². The number of esters is 1. The van der Waals surface area contributed by atoms with Gasteiger partial charge in [0.1, 0.15) is 5.56 Å². The molecule has 26 heavy (non-hydrogen) atoms. The van der Waals surface area contributed by atoms with Gasteiger partial charge in [-0.15, -0.1) is 0 Å². The van der Waals surface area contributed by atoms with Gasteiger partial charge in [0.15, 0.2) is 17.1 Å². The Bertz CT molecular complexity index is 972. The third-order valence-electron chi connectivity index (χ3n) is 3.96. The lowest BCUT2D eigenvalue weighted by molar-refractivity contribution is 0.0491. The van der Waals surface area contributed by atoms with Gasteiger partial charge in [-0.2, -0.15) is 0 Å². The second-order valence-corrected chi connectivity index (χ2v) is 5.52. The molecule has 7 nitrogen and oxygen atoms in total. The monoisotopic (exact) mass is 357 g/mol. The Morgan fingerprint density at radius 2 is 1.88 bits per heavy atom. The van der Waals surface area contributed by atoms with E-state index in [4.69, 9.17) is 18.6 Å². The molecule has 0 atom stereocenters. The number of fused-ring (bicyclic) bond motifs is 1. The number of oxazole rings is 1. The van der Waals surface area contributed by atoms with E-state index in [2.05, 4.69) is 0 Å². The number of aryl methyl sites for hydroxylation is 1. The van der Waals surface area contributed by atoms with Crippen molar-refractivity contribution < 1.29 is 23.4 Å². The molecule has 0 fully saturated rings. The number of benzene rings is 2. The van der Waals surface area contributed by atoms with Crippen LogP contribution in [0.4, 0.5) is 0 Å². The largest absolute Gasteiger partial charge is 0.493 e. The van der Waals surface area contributed by atoms with Crippen molar-refractivity contribution >= 4 is 17.1 Å². The molecule has 0 aliphatic carbocycles. The molecule has 1 heterocycles. The highest BCUT2D eigenvalue weighted by molar-refractivity contribution is 5.93. The predicted octanol–water partition coefficient (Wildman–Crippen LogP) is 2.86. The summed E-state index contributed by atoms with van der Waals surface area (Å²) in [5.74, 6) is -0.146. The number of carbonyl (C=O) groups excluding carboxylic acids is 1. The number of carbonyl (C=O) groups is 1. The van der Waals surface area contributed by atoms with Gasteiger partial charge in [0, 0.05) is 6.54 Å². The minimum Gasteiger partial charge on any atom is -0.493 e. The molecule has 0 bridgehead atoms. The van der Waals surface area contributed by atoms with Crippen LogP contribution < -0.4 is 15.2 Å². The highest BCUT2D eigenvalue weighted by Gasteiger charge is 2.17. The molecule has 0 saturated heterocycles. The number of hydrogen-bond donors (Lipinski definition) is 0. The van der Waals surface area contributed by atoms with Gasteiger partial charge in [0.05, 0.1) is 26.3 Å². The first-order valence-corrected chi connectivity index (χ1v) is 8.12. The van der Waals surface area contributed by atoms with Crippen LogP contribution in [0.1, 0.15) is 16.8 Å². The summed E-state index contributed by atoms with van der Waals surface area (Å²) in [4.78, 5) is 24.2. The fourth-order valence-corrected chi connectivity index (χ4v) is 2.74. The number of aromatic nitrogens is 1. The van der Waals surface area contributed by atoms with Crippen LogP contribution >= 0.6 is 0 Å². The summed E-state index contributed by atoms with van der Waals surface area (Å²) < 4.78 is 22.4. The maximum absolute atomic E-state index is 12.3. The fraction of sp³-hybridized carbons (Fsp3) is 0.263. The molecule has 2 aromatic carbocycles. The van der Waals surface area contributed by atoms with E-state index >= 15 is 0 Å². The average Bonchev–Trinajstić information content (AvgIpc) is 2.99. The van der Waals surface area contributed by atoms with Crippen molar-refractivity contribution in [3.8, 4) is 11.5 Å². The van der Waals surface area contributed by atoms with Crippen LogP contribution in [0.5, 0.6) is 11.5 Å². The number of rotatable bonds is 7. The fourth-order valence-electron chi connectivity index (χ4n) is 2.74. The van der Waals surface area contributed by atoms with Crippen LogP contribution in [0.2, 0.25) is 0 Å². The van der Waals surface area contributed by atoms with E-state index in [9.17, 15) is 9.59 Å². The van der Waals surface area contributed by atoms with Crippen LogP contribution in [0.3, 0.4) is 0 Å². The second kappa shape index (κ2) is 7.77. The summed E-state index contributed by atoms with van der Waals surface area (Å²) in [6.07, 6.45) is 0.474. The highest BCUT2D eigenvalue weighted by Crippen LogP contribution is 2.31. The van der Waals surface area contributed by atoms with Crippen molar-refractivity contribution in [1.82, 2.24) is 4.57 Å². The molecule has 0 aliphatic rings. The third-order valence-corrected chi connectivity index (χ3v) is 3.96. The van der Waals surface area contributed by atoms with E-state index in [-0.39, 0.29) is 12.2 Å². The lowest BCUT2D eigenvalue weighted by atomic mass is 10.2. The first kappa shape index (κ1) is 17.6. The second-order valence-electron chi connectivity index (χ2n) is 5.52. The standard InChI is InChI=1S/C19H19NO6/c1-23-16-10-5-7-13(17(16)24-2)18(21)25-12-6-11-20-14-8-3-4-9-15(14)26-19(20)22/h3-5,7-10H,6,11-12H2,1-2H3. The molecule has 0 spiro atoms. The first-order valence-electron chi connectivity index (χ1n) is 8.12. The quantitative estimate of drug-likeness (QED) is 0.478. The van der Waals surface area contributed by atoms with Crippen LogP contribution in [0.25, 0.3) is 11.1 Å². The number of ether oxygens (including phenoxy) is 3. The van der Waals surface area contributed by atoms with E-state index < -0.39 is 11.7 Å². The molecular weight excluding hydrogens is 338 g/mol. The minimum atomic E-state index is -0.509. The Labute approximate surface area is 149 Å². The zero-order valence-electron chi connectivity index (χ0n) is 14.6. The van der Waals surface area contributed by atoms with Crippen molar-refractivity contribution in [3.63, 3.8) is 0 Å². The van der Waals surface area contributed by atoms with Gasteiger partial charge in [-0.1, -0.05) is 18.2 Å². The molecule has 7 heteroatoms. The van der Waals surface area contributed by atoms with E-state index in [0.717, 1.165) is 5.52 Å². The summed E-state index contributed by atoms with van der Waals surface area (Å²) in [6, 6.07) is 12.2. The number of para-hydroxylation sites is 3. The molecule has 0 radical (unpaired) electrons. The lowest BCUT2D eigenvalue weighted by Gasteiger charge is -2.12. The minimum absolute atomic E-state index is 0.158. The number of hydrogen-bond acceptors (Lipinski definition) is 6. The smallest absolute Gasteiger partial charge is 0.419 e. The van der Waals surface area contributed by atoms with Crippen molar-refractivity contribution in [3.05, 3.63) is 58.6 Å². The molecule has 0 amide bonds. The normalized spacial score (nSPS) is 10.7. The summed E-state index contributed by atoms with van der Waals surface area (Å²) in [7, 11) is 2.96. The van der Waals surface area contributed by atoms with Crippen molar-refractivity contribution in [2.75, 3.05) is 20.8 Å². The van der Waals surface area contributed by atoms with Gasteiger partial charge in [-0.05, 0) is 30.7 Å². The molecule has 0 saturated carbocycles. The molecular formula is C19H19NO6. The van der Waals surface area contributed by atoms with Gasteiger partial charge >= 0.3 is 11.7 Å². The van der Waals surface area contributed by atoms with Crippen molar-refractivity contribution in [2.24, 2.45) is 0 Å². The molecule has 0 unspecified atom stereocenters. The van der Waals surface area contributed by atoms with Crippen LogP contribution in [-0.4, -0.2) is 31.4 Å². The summed E-state index contributed by atoms with van der Waals surface area (Å²) in [5.41, 5.74) is 1.55.